The third-order valence-corrected chi connectivity index (χ3v) is 2.32. The molecule has 0 saturated carbocycles. The Morgan fingerprint density at radius 3 is 3.15 bits per heavy atom. The molecule has 0 aliphatic heterocycles. The minimum absolute atomic E-state index is 0.0867. The van der Waals surface area contributed by atoms with Crippen molar-refractivity contribution in [2.24, 2.45) is 5.73 Å². The number of hydrogen-bond donors (Lipinski definition) is 1. The van der Waals surface area contributed by atoms with Crippen molar-refractivity contribution in [2.45, 2.75) is 12.5 Å². The molecule has 5 heteroatoms. The van der Waals surface area contributed by atoms with Crippen LogP contribution in [-0.2, 0) is 6.42 Å². The zero-order chi connectivity index (χ0) is 9.10. The third-order valence-electron chi connectivity index (χ3n) is 1.79. The predicted octanol–water partition coefficient (Wildman–Crippen LogP) is 1.37. The van der Waals surface area contributed by atoms with Gasteiger partial charge in [0.05, 0.1) is 24.3 Å². The SMILES string of the molecule is NC(Cc1ccoc1)c1csnn1. The first-order valence-electron chi connectivity index (χ1n) is 3.90. The van der Waals surface area contributed by atoms with Gasteiger partial charge in [0.25, 0.3) is 0 Å². The Kier molecular flexibility index (Phi) is 2.37. The van der Waals surface area contributed by atoms with E-state index in [9.17, 15) is 0 Å². The Hall–Kier alpha value is -1.20. The molecule has 68 valence electrons. The van der Waals surface area contributed by atoms with E-state index in [2.05, 4.69) is 9.59 Å². The second kappa shape index (κ2) is 3.68. The average molecular weight is 195 g/mol. The average Bonchev–Trinajstić information content (AvgIpc) is 2.74. The molecule has 13 heavy (non-hydrogen) atoms. The molecular weight excluding hydrogens is 186 g/mol. The lowest BCUT2D eigenvalue weighted by atomic mass is 10.1. The Morgan fingerprint density at radius 1 is 1.62 bits per heavy atom. The van der Waals surface area contributed by atoms with Gasteiger partial charge in [0.15, 0.2) is 0 Å². The van der Waals surface area contributed by atoms with Crippen molar-refractivity contribution in [3.05, 3.63) is 35.2 Å². The van der Waals surface area contributed by atoms with Crippen LogP contribution >= 0.6 is 11.5 Å². The van der Waals surface area contributed by atoms with E-state index in [0.717, 1.165) is 17.7 Å². The lowest BCUT2D eigenvalue weighted by molar-refractivity contribution is 0.560. The molecule has 0 amide bonds. The summed E-state index contributed by atoms with van der Waals surface area (Å²) < 4.78 is 8.70. The first kappa shape index (κ1) is 8.40. The second-order valence-electron chi connectivity index (χ2n) is 2.77. The highest BCUT2D eigenvalue weighted by molar-refractivity contribution is 7.03. The Balaban J connectivity index is 2.04. The van der Waals surface area contributed by atoms with E-state index < -0.39 is 0 Å². The molecule has 0 spiro atoms. The molecule has 2 rings (SSSR count). The number of aromatic nitrogens is 2. The van der Waals surface area contributed by atoms with E-state index in [1.165, 1.54) is 11.5 Å². The summed E-state index contributed by atoms with van der Waals surface area (Å²) in [4.78, 5) is 0. The van der Waals surface area contributed by atoms with Crippen molar-refractivity contribution in [3.63, 3.8) is 0 Å². The zero-order valence-electron chi connectivity index (χ0n) is 6.88. The first-order valence-corrected chi connectivity index (χ1v) is 4.73. The molecule has 0 aromatic carbocycles. The van der Waals surface area contributed by atoms with Gasteiger partial charge < -0.3 is 10.2 Å². The molecule has 2 aromatic heterocycles. The number of nitrogens with two attached hydrogens (primary N) is 1. The number of nitrogens with zero attached hydrogens (tertiary/aromatic N) is 2. The van der Waals surface area contributed by atoms with Crippen LogP contribution < -0.4 is 5.73 Å². The summed E-state index contributed by atoms with van der Waals surface area (Å²) in [6.45, 7) is 0. The minimum atomic E-state index is -0.0867. The lowest BCUT2D eigenvalue weighted by Crippen LogP contribution is -2.13. The van der Waals surface area contributed by atoms with Crippen LogP contribution in [-0.4, -0.2) is 9.59 Å². The molecule has 0 aliphatic carbocycles. The molecule has 2 heterocycles. The fourth-order valence-electron chi connectivity index (χ4n) is 1.10. The van der Waals surface area contributed by atoms with Crippen molar-refractivity contribution >= 4 is 11.5 Å². The van der Waals surface area contributed by atoms with Crippen LogP contribution in [0, 0.1) is 0 Å². The van der Waals surface area contributed by atoms with Gasteiger partial charge in [0.2, 0.25) is 0 Å². The van der Waals surface area contributed by atoms with Crippen molar-refractivity contribution in [3.8, 4) is 0 Å². The van der Waals surface area contributed by atoms with Crippen molar-refractivity contribution in [1.82, 2.24) is 9.59 Å². The van der Waals surface area contributed by atoms with E-state index in [4.69, 9.17) is 10.2 Å². The Bertz CT molecular complexity index is 343. The van der Waals surface area contributed by atoms with E-state index in [1.54, 1.807) is 12.5 Å². The molecule has 4 nitrogen and oxygen atoms in total. The largest absolute Gasteiger partial charge is 0.472 e. The van der Waals surface area contributed by atoms with E-state index in [-0.39, 0.29) is 6.04 Å². The predicted molar refractivity (Wildman–Crippen MR) is 49.2 cm³/mol. The quantitative estimate of drug-likeness (QED) is 0.803. The minimum Gasteiger partial charge on any atom is -0.472 e. The number of rotatable bonds is 3. The molecule has 1 atom stereocenters. The van der Waals surface area contributed by atoms with Gasteiger partial charge >= 0.3 is 0 Å². The summed E-state index contributed by atoms with van der Waals surface area (Å²) in [6, 6.07) is 1.82. The fraction of sp³-hybridized carbons (Fsp3) is 0.250. The smallest absolute Gasteiger partial charge is 0.0935 e. The van der Waals surface area contributed by atoms with Crippen LogP contribution in [0.3, 0.4) is 0 Å². The lowest BCUT2D eigenvalue weighted by Gasteiger charge is -2.04. The number of furan rings is 1. The molecule has 2 N–H and O–H groups in total. The summed E-state index contributed by atoms with van der Waals surface area (Å²) in [5.74, 6) is 0. The van der Waals surface area contributed by atoms with Gasteiger partial charge in [-0.3, -0.25) is 0 Å². The highest BCUT2D eigenvalue weighted by Gasteiger charge is 2.10. The Labute approximate surface area is 79.5 Å². The van der Waals surface area contributed by atoms with Crippen LogP contribution in [0.5, 0.6) is 0 Å². The zero-order valence-corrected chi connectivity index (χ0v) is 7.70. The maximum absolute atomic E-state index is 5.89. The number of hydrogen-bond acceptors (Lipinski definition) is 5. The van der Waals surface area contributed by atoms with Gasteiger partial charge in [0.1, 0.15) is 0 Å². The fourth-order valence-corrected chi connectivity index (χ4v) is 1.62. The summed E-state index contributed by atoms with van der Waals surface area (Å²) in [5, 5.41) is 5.78. The molecule has 1 unspecified atom stereocenters. The Morgan fingerprint density at radius 2 is 2.54 bits per heavy atom. The molecule has 0 fully saturated rings. The van der Waals surface area contributed by atoms with Gasteiger partial charge in [-0.05, 0) is 29.6 Å². The molecule has 0 saturated heterocycles. The van der Waals surface area contributed by atoms with Crippen LogP contribution in [0.1, 0.15) is 17.3 Å². The monoisotopic (exact) mass is 195 g/mol. The van der Waals surface area contributed by atoms with Crippen molar-refractivity contribution in [2.75, 3.05) is 0 Å². The highest BCUT2D eigenvalue weighted by atomic mass is 32.1. The van der Waals surface area contributed by atoms with Crippen LogP contribution in [0.4, 0.5) is 0 Å². The van der Waals surface area contributed by atoms with Gasteiger partial charge in [-0.25, -0.2) is 0 Å². The van der Waals surface area contributed by atoms with Gasteiger partial charge in [-0.15, -0.1) is 5.10 Å². The van der Waals surface area contributed by atoms with Crippen molar-refractivity contribution in [1.29, 1.82) is 0 Å². The maximum Gasteiger partial charge on any atom is 0.0935 e. The summed E-state index contributed by atoms with van der Waals surface area (Å²) in [7, 11) is 0. The van der Waals surface area contributed by atoms with Gasteiger partial charge in [0, 0.05) is 5.38 Å². The highest BCUT2D eigenvalue weighted by Crippen LogP contribution is 2.14. The summed E-state index contributed by atoms with van der Waals surface area (Å²) in [5.41, 5.74) is 7.82. The van der Waals surface area contributed by atoms with Crippen molar-refractivity contribution < 1.29 is 4.42 Å². The topological polar surface area (TPSA) is 64.9 Å². The third kappa shape index (κ3) is 1.93. The van der Waals surface area contributed by atoms with Crippen LogP contribution in [0.25, 0.3) is 0 Å². The molecule has 0 bridgehead atoms. The van der Waals surface area contributed by atoms with Crippen LogP contribution in [0.15, 0.2) is 28.4 Å². The van der Waals surface area contributed by atoms with Gasteiger partial charge in [-0.1, -0.05) is 4.49 Å². The first-order chi connectivity index (χ1) is 6.36. The maximum atomic E-state index is 5.89. The summed E-state index contributed by atoms with van der Waals surface area (Å²) in [6.07, 6.45) is 4.07. The van der Waals surface area contributed by atoms with Crippen LogP contribution in [0.2, 0.25) is 0 Å². The summed E-state index contributed by atoms with van der Waals surface area (Å²) >= 11 is 1.32. The molecule has 2 aromatic rings. The molecule has 0 aliphatic rings. The van der Waals surface area contributed by atoms with Gasteiger partial charge in [-0.2, -0.15) is 0 Å². The van der Waals surface area contributed by atoms with E-state index >= 15 is 0 Å². The second-order valence-corrected chi connectivity index (χ2v) is 3.38. The van der Waals surface area contributed by atoms with E-state index in [0.29, 0.717) is 0 Å². The normalized spacial score (nSPS) is 13.0. The van der Waals surface area contributed by atoms with E-state index in [1.807, 2.05) is 11.4 Å². The molecule has 0 radical (unpaired) electrons. The standard InChI is InChI=1S/C8H9N3OS/c9-7(8-5-13-11-10-8)3-6-1-2-12-4-6/h1-2,4-5,7H,3,9H2. The molecular formula is C8H9N3OS.